The van der Waals surface area contributed by atoms with Gasteiger partial charge in [-0.25, -0.2) is 0 Å². The van der Waals surface area contributed by atoms with Crippen LogP contribution < -0.4 is 10.1 Å². The predicted molar refractivity (Wildman–Crippen MR) is 202 cm³/mol. The van der Waals surface area contributed by atoms with Crippen molar-refractivity contribution in [3.05, 3.63) is 89.5 Å². The van der Waals surface area contributed by atoms with Crippen LogP contribution in [0.25, 0.3) is 12.2 Å². The second kappa shape index (κ2) is 20.8. The van der Waals surface area contributed by atoms with Crippen molar-refractivity contribution < 1.29 is 111 Å². The highest BCUT2D eigenvalue weighted by atomic mass is 32.2. The molecule has 27 heteroatoms. The summed E-state index contributed by atoms with van der Waals surface area (Å²) < 4.78 is 283. The number of carbonyl (C=O) groups excluding carboxylic acids is 1. The number of anilines is 1. The first-order valence-electron chi connectivity index (χ1n) is 18.8. The van der Waals surface area contributed by atoms with Crippen molar-refractivity contribution in [3.8, 4) is 5.75 Å². The molecule has 9 nitrogen and oxygen atoms in total. The van der Waals surface area contributed by atoms with Crippen molar-refractivity contribution in [2.45, 2.75) is 78.9 Å². The SMILES string of the molecule is CC(C)(C)OC(=O)CNc1ccc(/C=C/c2ccc(OCCOCCOCCOS(=O)(=O)c3cccc(C(F)(F)C(F)(F)C(F)(F)C(F)(F)C(F)(F)C(F)(F)C(F)(F)C(F)(F)F)c3)cc2)cc1. The van der Waals surface area contributed by atoms with Gasteiger partial charge in [-0.3, -0.25) is 8.98 Å². The smallest absolute Gasteiger partial charge is 0.460 e. The number of alkyl halides is 17. The van der Waals surface area contributed by atoms with E-state index < -0.39 is 99.1 Å². The molecule has 0 saturated carbocycles. The lowest BCUT2D eigenvalue weighted by molar-refractivity contribution is -0.462. The van der Waals surface area contributed by atoms with Crippen LogP contribution in [0.2, 0.25) is 0 Å². The Kier molecular flexibility index (Phi) is 17.5. The first kappa shape index (κ1) is 56.4. The third-order valence-electron chi connectivity index (χ3n) is 8.66. The number of hydrogen-bond donors (Lipinski definition) is 1. The quantitative estimate of drug-likeness (QED) is 0.0308. The molecule has 0 saturated heterocycles. The molecular formula is C40H38F17NO8S. The van der Waals surface area contributed by atoms with Gasteiger partial charge in [0, 0.05) is 11.3 Å². The Bertz CT molecular complexity index is 2250. The Morgan fingerprint density at radius 3 is 1.51 bits per heavy atom. The van der Waals surface area contributed by atoms with E-state index in [1.165, 1.54) is 0 Å². The molecule has 3 rings (SSSR count). The zero-order valence-corrected chi connectivity index (χ0v) is 35.4. The number of rotatable bonds is 24. The molecule has 3 aromatic rings. The molecule has 67 heavy (non-hydrogen) atoms. The summed E-state index contributed by atoms with van der Waals surface area (Å²) in [5.74, 6) is -58.0. The summed E-state index contributed by atoms with van der Waals surface area (Å²) in [7, 11) is -5.35. The molecule has 0 aliphatic carbocycles. The zero-order valence-electron chi connectivity index (χ0n) is 34.6. The van der Waals surface area contributed by atoms with Crippen LogP contribution >= 0.6 is 0 Å². The van der Waals surface area contributed by atoms with Crippen LogP contribution in [0.4, 0.5) is 80.3 Å². The first-order chi connectivity index (χ1) is 30.5. The number of esters is 1. The van der Waals surface area contributed by atoms with E-state index >= 15 is 0 Å². The van der Waals surface area contributed by atoms with E-state index in [1.54, 1.807) is 57.2 Å². The van der Waals surface area contributed by atoms with Gasteiger partial charge in [0.25, 0.3) is 10.1 Å². The van der Waals surface area contributed by atoms with Crippen molar-refractivity contribution in [2.75, 3.05) is 51.5 Å². The average Bonchev–Trinajstić information content (AvgIpc) is 3.22. The molecule has 0 unspecified atom stereocenters. The summed E-state index contributed by atoms with van der Waals surface area (Å²) in [5, 5.41) is 2.98. The predicted octanol–water partition coefficient (Wildman–Crippen LogP) is 10.9. The highest BCUT2D eigenvalue weighted by Crippen LogP contribution is 2.65. The van der Waals surface area contributed by atoms with Gasteiger partial charge in [-0.2, -0.15) is 83.1 Å². The van der Waals surface area contributed by atoms with E-state index in [0.29, 0.717) is 5.75 Å². The van der Waals surface area contributed by atoms with E-state index in [4.69, 9.17) is 18.9 Å². The average molecular weight is 1020 g/mol. The van der Waals surface area contributed by atoms with Gasteiger partial charge < -0.3 is 24.3 Å². The van der Waals surface area contributed by atoms with Gasteiger partial charge in [0.05, 0.1) is 37.9 Å². The lowest BCUT2D eigenvalue weighted by Gasteiger charge is -2.42. The van der Waals surface area contributed by atoms with Gasteiger partial charge in [-0.15, -0.1) is 0 Å². The lowest BCUT2D eigenvalue weighted by atomic mass is 9.87. The molecule has 0 radical (unpaired) electrons. The molecule has 0 aromatic heterocycles. The first-order valence-corrected chi connectivity index (χ1v) is 20.2. The summed E-state index contributed by atoms with van der Waals surface area (Å²) in [6, 6.07) is 13.6. The number of nitrogens with one attached hydrogen (secondary N) is 1. The molecule has 0 aliphatic rings. The van der Waals surface area contributed by atoms with Crippen molar-refractivity contribution in [1.29, 1.82) is 0 Å². The van der Waals surface area contributed by atoms with E-state index in [0.717, 1.165) is 16.8 Å². The van der Waals surface area contributed by atoms with Crippen LogP contribution in [-0.4, -0.2) is 108 Å². The van der Waals surface area contributed by atoms with Gasteiger partial charge in [0.1, 0.15) is 24.5 Å². The van der Waals surface area contributed by atoms with Crippen LogP contribution in [0.5, 0.6) is 5.75 Å². The molecule has 0 amide bonds. The third-order valence-corrected chi connectivity index (χ3v) is 9.97. The fourth-order valence-corrected chi connectivity index (χ4v) is 6.07. The highest BCUT2D eigenvalue weighted by molar-refractivity contribution is 7.86. The van der Waals surface area contributed by atoms with Crippen LogP contribution in [0.3, 0.4) is 0 Å². The Morgan fingerprint density at radius 2 is 1.01 bits per heavy atom. The zero-order chi connectivity index (χ0) is 51.1. The van der Waals surface area contributed by atoms with Gasteiger partial charge >= 0.3 is 53.6 Å². The van der Waals surface area contributed by atoms with E-state index in [9.17, 15) is 87.8 Å². The van der Waals surface area contributed by atoms with E-state index in [1.807, 2.05) is 24.3 Å². The minimum absolute atomic E-state index is 0.00498. The summed E-state index contributed by atoms with van der Waals surface area (Å²) in [6.07, 6.45) is -4.17. The fraction of sp³-hybridized carbons (Fsp3) is 0.475. The minimum Gasteiger partial charge on any atom is -0.491 e. The van der Waals surface area contributed by atoms with E-state index in [-0.39, 0.29) is 51.2 Å². The van der Waals surface area contributed by atoms with Crippen molar-refractivity contribution >= 4 is 33.9 Å². The fourth-order valence-electron chi connectivity index (χ4n) is 5.13. The molecule has 3 aromatic carbocycles. The van der Waals surface area contributed by atoms with Crippen molar-refractivity contribution in [2.24, 2.45) is 0 Å². The molecule has 1 N–H and O–H groups in total. The number of carbonyl (C=O) groups is 1. The van der Waals surface area contributed by atoms with Crippen molar-refractivity contribution in [1.82, 2.24) is 0 Å². The Morgan fingerprint density at radius 1 is 0.567 bits per heavy atom. The maximum absolute atomic E-state index is 14.8. The van der Waals surface area contributed by atoms with Crippen molar-refractivity contribution in [3.63, 3.8) is 0 Å². The van der Waals surface area contributed by atoms with Crippen LogP contribution in [0, 0.1) is 0 Å². The maximum Gasteiger partial charge on any atom is 0.460 e. The molecule has 0 spiro atoms. The normalized spacial score (nSPS) is 14.1. The summed E-state index contributed by atoms with van der Waals surface area (Å²) >= 11 is 0. The van der Waals surface area contributed by atoms with Gasteiger partial charge in [-0.05, 0) is 68.3 Å². The second-order valence-corrected chi connectivity index (χ2v) is 16.5. The molecule has 0 fully saturated rings. The minimum atomic E-state index is -8.80. The maximum atomic E-state index is 14.8. The number of halogens is 17. The number of ether oxygens (including phenoxy) is 4. The second-order valence-electron chi connectivity index (χ2n) is 14.9. The molecule has 0 bridgehead atoms. The molecule has 0 atom stereocenters. The Balaban J connectivity index is 1.46. The molecule has 0 aliphatic heterocycles. The Hall–Kier alpha value is -4.89. The molecular weight excluding hydrogens is 977 g/mol. The van der Waals surface area contributed by atoms with Gasteiger partial charge in [0.15, 0.2) is 0 Å². The van der Waals surface area contributed by atoms with E-state index in [2.05, 4.69) is 9.50 Å². The largest absolute Gasteiger partial charge is 0.491 e. The third kappa shape index (κ3) is 12.8. The van der Waals surface area contributed by atoms with Gasteiger partial charge in [-0.1, -0.05) is 48.6 Å². The monoisotopic (exact) mass is 1020 g/mol. The number of benzene rings is 3. The van der Waals surface area contributed by atoms with Gasteiger partial charge in [0.2, 0.25) is 0 Å². The summed E-state index contributed by atoms with van der Waals surface area (Å²) in [4.78, 5) is 10.3. The van der Waals surface area contributed by atoms with Crippen LogP contribution in [0.15, 0.2) is 77.7 Å². The standard InChI is InChI=1S/C40H38F17NO8S/c1-32(2,3)66-31(59)24-58-28-13-9-25(10-14-28)7-8-26-11-15-29(16-12-26)64-21-19-62-17-18-63-20-22-65-67(60,61)30-6-4-5-27(23-30)33(41,42)34(43,44)35(45,46)36(47,48)37(49,50)38(51,52)39(53,54)40(55,56)57/h4-16,23,58H,17-22,24H2,1-3H3/b8-7+. The highest BCUT2D eigenvalue weighted by Gasteiger charge is 2.95. The molecule has 376 valence electrons. The summed E-state index contributed by atoms with van der Waals surface area (Å²) in [5.41, 5.74) is -0.852. The van der Waals surface area contributed by atoms with Crippen LogP contribution in [0.1, 0.15) is 37.5 Å². The van der Waals surface area contributed by atoms with Crippen LogP contribution in [-0.2, 0) is 39.2 Å². The lowest BCUT2D eigenvalue weighted by Crippen LogP contribution is -2.74. The summed E-state index contributed by atoms with van der Waals surface area (Å²) in [6.45, 7) is 3.53. The Labute approximate surface area is 370 Å². The molecule has 0 heterocycles. The topological polar surface area (TPSA) is 109 Å². The number of hydrogen-bond acceptors (Lipinski definition) is 9.